The molecular weight excluding hydrogens is 232 g/mol. The average molecular weight is 254 g/mol. The zero-order valence-electron chi connectivity index (χ0n) is 10.7. The first kappa shape index (κ1) is 14.0. The summed E-state index contributed by atoms with van der Waals surface area (Å²) in [5.41, 5.74) is 1.68. The number of hydrogen-bond acceptors (Lipinski definition) is 2. The fourth-order valence-corrected chi connectivity index (χ4v) is 3.79. The Hall–Kier alpha value is -0.0800. The molecule has 0 fully saturated rings. The summed E-state index contributed by atoms with van der Waals surface area (Å²) in [4.78, 5) is 1.37. The van der Waals surface area contributed by atoms with Crippen LogP contribution in [0.25, 0.3) is 0 Å². The summed E-state index contributed by atoms with van der Waals surface area (Å²) < 4.78 is 0. The molecule has 0 amide bonds. The average Bonchev–Trinajstić information content (AvgIpc) is 2.16. The van der Waals surface area contributed by atoms with Crippen LogP contribution in [0.15, 0.2) is 29.2 Å². The molecule has 0 nitrogen and oxygen atoms in total. The van der Waals surface area contributed by atoms with Gasteiger partial charge in [-0.25, -0.2) is 0 Å². The number of benzene rings is 1. The van der Waals surface area contributed by atoms with E-state index in [1.807, 2.05) is 11.8 Å². The minimum absolute atomic E-state index is 0.346. The van der Waals surface area contributed by atoms with Crippen molar-refractivity contribution in [1.82, 2.24) is 0 Å². The quantitative estimate of drug-likeness (QED) is 0.601. The van der Waals surface area contributed by atoms with Gasteiger partial charge in [-0.2, -0.15) is 12.6 Å². The van der Waals surface area contributed by atoms with Gasteiger partial charge in [0.05, 0.1) is 0 Å². The fourth-order valence-electron chi connectivity index (χ4n) is 1.48. The van der Waals surface area contributed by atoms with Crippen molar-refractivity contribution in [3.63, 3.8) is 0 Å². The van der Waals surface area contributed by atoms with Crippen molar-refractivity contribution in [2.45, 2.75) is 32.6 Å². The second-order valence-electron chi connectivity index (χ2n) is 5.37. The van der Waals surface area contributed by atoms with Crippen LogP contribution in [0.3, 0.4) is 0 Å². The normalized spacial score (nSPS) is 13.8. The van der Waals surface area contributed by atoms with Crippen molar-refractivity contribution in [2.24, 2.45) is 11.3 Å². The van der Waals surface area contributed by atoms with E-state index in [0.29, 0.717) is 11.3 Å². The molecule has 1 aromatic carbocycles. The van der Waals surface area contributed by atoms with Gasteiger partial charge in [0.1, 0.15) is 0 Å². The lowest BCUT2D eigenvalue weighted by atomic mass is 9.83. The van der Waals surface area contributed by atoms with Gasteiger partial charge in [-0.05, 0) is 36.1 Å². The first-order valence-electron chi connectivity index (χ1n) is 5.74. The van der Waals surface area contributed by atoms with Crippen LogP contribution in [0, 0.1) is 18.3 Å². The van der Waals surface area contributed by atoms with Gasteiger partial charge in [0.25, 0.3) is 0 Å². The predicted molar refractivity (Wildman–Crippen MR) is 78.7 cm³/mol. The molecule has 0 aliphatic rings. The van der Waals surface area contributed by atoms with Crippen LogP contribution in [-0.4, -0.2) is 11.5 Å². The number of rotatable bonds is 4. The summed E-state index contributed by atoms with van der Waals surface area (Å²) in [6.07, 6.45) is 0. The Labute approximate surface area is 110 Å². The minimum atomic E-state index is 0.346. The largest absolute Gasteiger partial charge is 0.179 e. The molecule has 16 heavy (non-hydrogen) atoms. The van der Waals surface area contributed by atoms with Crippen molar-refractivity contribution in [1.29, 1.82) is 0 Å². The highest BCUT2D eigenvalue weighted by atomic mass is 32.2. The second-order valence-corrected chi connectivity index (χ2v) is 6.83. The lowest BCUT2D eigenvalue weighted by molar-refractivity contribution is 0.294. The Morgan fingerprint density at radius 2 is 2.00 bits per heavy atom. The van der Waals surface area contributed by atoms with Crippen molar-refractivity contribution >= 4 is 24.4 Å². The Morgan fingerprint density at radius 1 is 1.31 bits per heavy atom. The topological polar surface area (TPSA) is 0 Å². The molecule has 0 saturated carbocycles. The van der Waals surface area contributed by atoms with Crippen LogP contribution < -0.4 is 0 Å². The van der Waals surface area contributed by atoms with Gasteiger partial charge >= 0.3 is 0 Å². The Balaban J connectivity index is 2.56. The molecule has 0 bridgehead atoms. The SMILES string of the molecule is Cc1cccc(SCC(CS)C(C)(C)C)c1. The van der Waals surface area contributed by atoms with Gasteiger partial charge in [-0.15, -0.1) is 11.8 Å². The van der Waals surface area contributed by atoms with Crippen LogP contribution >= 0.6 is 24.4 Å². The van der Waals surface area contributed by atoms with E-state index in [1.165, 1.54) is 10.5 Å². The standard InChI is InChI=1S/C14H22S2/c1-11-6-5-7-13(8-11)16-10-12(9-15)14(2,3)4/h5-8,12,15H,9-10H2,1-4H3. The smallest absolute Gasteiger partial charge is 0.00746 e. The van der Waals surface area contributed by atoms with Crippen LogP contribution in [0.1, 0.15) is 26.3 Å². The molecule has 0 saturated heterocycles. The molecular formula is C14H22S2. The van der Waals surface area contributed by atoms with Gasteiger partial charge in [-0.3, -0.25) is 0 Å². The molecule has 0 aliphatic carbocycles. The molecule has 1 atom stereocenters. The van der Waals surface area contributed by atoms with E-state index in [1.54, 1.807) is 0 Å². The third-order valence-electron chi connectivity index (χ3n) is 2.89. The molecule has 0 spiro atoms. The maximum absolute atomic E-state index is 4.46. The van der Waals surface area contributed by atoms with Crippen molar-refractivity contribution in [3.8, 4) is 0 Å². The first-order chi connectivity index (χ1) is 7.43. The summed E-state index contributed by atoms with van der Waals surface area (Å²) in [6, 6.07) is 8.72. The third-order valence-corrected chi connectivity index (χ3v) is 4.48. The number of thioether (sulfide) groups is 1. The summed E-state index contributed by atoms with van der Waals surface area (Å²) in [5, 5.41) is 0. The number of thiol groups is 1. The van der Waals surface area contributed by atoms with Crippen LogP contribution in [-0.2, 0) is 0 Å². The van der Waals surface area contributed by atoms with Gasteiger partial charge in [0, 0.05) is 10.6 Å². The van der Waals surface area contributed by atoms with Gasteiger partial charge in [0.2, 0.25) is 0 Å². The fraction of sp³-hybridized carbons (Fsp3) is 0.571. The molecule has 1 unspecified atom stereocenters. The van der Waals surface area contributed by atoms with Crippen molar-refractivity contribution < 1.29 is 0 Å². The second kappa shape index (κ2) is 6.02. The van der Waals surface area contributed by atoms with Crippen molar-refractivity contribution in [2.75, 3.05) is 11.5 Å². The highest BCUT2D eigenvalue weighted by Gasteiger charge is 2.23. The van der Waals surface area contributed by atoms with Crippen LogP contribution in [0.5, 0.6) is 0 Å². The van der Waals surface area contributed by atoms with E-state index in [-0.39, 0.29) is 0 Å². The molecule has 1 rings (SSSR count). The molecule has 0 N–H and O–H groups in total. The summed E-state index contributed by atoms with van der Waals surface area (Å²) in [6.45, 7) is 9.03. The zero-order chi connectivity index (χ0) is 12.2. The van der Waals surface area contributed by atoms with E-state index in [4.69, 9.17) is 0 Å². The summed E-state index contributed by atoms with van der Waals surface area (Å²) in [7, 11) is 0. The highest BCUT2D eigenvalue weighted by molar-refractivity contribution is 7.99. The van der Waals surface area contributed by atoms with Gasteiger partial charge in [-0.1, -0.05) is 38.5 Å². The molecule has 90 valence electrons. The van der Waals surface area contributed by atoms with Crippen LogP contribution in [0.2, 0.25) is 0 Å². The molecule has 0 aliphatic heterocycles. The van der Waals surface area contributed by atoms with E-state index in [9.17, 15) is 0 Å². The van der Waals surface area contributed by atoms with Crippen molar-refractivity contribution in [3.05, 3.63) is 29.8 Å². The Kier molecular flexibility index (Phi) is 5.26. The summed E-state index contributed by atoms with van der Waals surface area (Å²) in [5.74, 6) is 2.76. The lowest BCUT2D eigenvalue weighted by Gasteiger charge is -2.29. The molecule has 0 heterocycles. The van der Waals surface area contributed by atoms with E-state index < -0.39 is 0 Å². The Morgan fingerprint density at radius 3 is 2.50 bits per heavy atom. The van der Waals surface area contributed by atoms with E-state index >= 15 is 0 Å². The maximum atomic E-state index is 4.46. The van der Waals surface area contributed by atoms with E-state index in [0.717, 1.165) is 11.5 Å². The first-order valence-corrected chi connectivity index (χ1v) is 7.35. The third kappa shape index (κ3) is 4.42. The predicted octanol–water partition coefficient (Wildman–Crippen LogP) is 4.68. The van der Waals surface area contributed by atoms with Gasteiger partial charge < -0.3 is 0 Å². The maximum Gasteiger partial charge on any atom is 0.00746 e. The molecule has 0 aromatic heterocycles. The highest BCUT2D eigenvalue weighted by Crippen LogP contribution is 2.32. The van der Waals surface area contributed by atoms with Gasteiger partial charge in [0.15, 0.2) is 0 Å². The molecule has 2 heteroatoms. The minimum Gasteiger partial charge on any atom is -0.179 e. The van der Waals surface area contributed by atoms with E-state index in [2.05, 4.69) is 64.6 Å². The van der Waals surface area contributed by atoms with Crippen LogP contribution in [0.4, 0.5) is 0 Å². The molecule has 1 aromatic rings. The molecule has 0 radical (unpaired) electrons. The lowest BCUT2D eigenvalue weighted by Crippen LogP contribution is -2.24. The number of hydrogen-bond donors (Lipinski definition) is 1. The Bertz CT molecular complexity index is 326. The summed E-state index contributed by atoms with van der Waals surface area (Å²) >= 11 is 6.41. The monoisotopic (exact) mass is 254 g/mol. The zero-order valence-corrected chi connectivity index (χ0v) is 12.4. The number of aryl methyl sites for hydroxylation is 1.